The fraction of sp³-hybridized carbons (Fsp3) is 0.467. The lowest BCUT2D eigenvalue weighted by Crippen LogP contribution is -2.58. The number of rotatable bonds is 3. The summed E-state index contributed by atoms with van der Waals surface area (Å²) in [5, 5.41) is 2.74. The van der Waals surface area contributed by atoms with Crippen LogP contribution < -0.4 is 10.1 Å². The smallest absolute Gasteiger partial charge is 0.264 e. The van der Waals surface area contributed by atoms with Gasteiger partial charge < -0.3 is 15.0 Å². The number of amides is 2. The molecule has 5 heteroatoms. The van der Waals surface area contributed by atoms with Crippen LogP contribution in [0.3, 0.4) is 0 Å². The molecular formula is C15H20N2O3. The molecule has 1 aromatic carbocycles. The summed E-state index contributed by atoms with van der Waals surface area (Å²) in [5.74, 6) is 0.380. The third kappa shape index (κ3) is 3.10. The Hall–Kier alpha value is -2.04. The molecule has 1 heterocycles. The number of benzene rings is 1. The summed E-state index contributed by atoms with van der Waals surface area (Å²) >= 11 is 0. The van der Waals surface area contributed by atoms with Crippen LogP contribution in [-0.4, -0.2) is 41.9 Å². The fourth-order valence-corrected chi connectivity index (χ4v) is 2.19. The standard InChI is InChI=1S/C15H20N2O3/c1-10-4-6-13(7-5-10)20-12(3)15(19)17-9-8-16-14(18)11(17)2/h4-7,11-12H,8-9H2,1-3H3,(H,16,18). The Bertz CT molecular complexity index is 498. The van der Waals surface area contributed by atoms with E-state index < -0.39 is 12.1 Å². The summed E-state index contributed by atoms with van der Waals surface area (Å²) in [4.78, 5) is 25.5. The molecule has 0 aromatic heterocycles. The van der Waals surface area contributed by atoms with Gasteiger partial charge in [-0.25, -0.2) is 0 Å². The van der Waals surface area contributed by atoms with Gasteiger partial charge in [-0.05, 0) is 32.9 Å². The first kappa shape index (κ1) is 14.4. The van der Waals surface area contributed by atoms with Gasteiger partial charge in [-0.15, -0.1) is 0 Å². The third-order valence-electron chi connectivity index (χ3n) is 3.46. The van der Waals surface area contributed by atoms with E-state index in [-0.39, 0.29) is 11.8 Å². The predicted molar refractivity (Wildman–Crippen MR) is 75.5 cm³/mol. The minimum atomic E-state index is -0.606. The Labute approximate surface area is 118 Å². The van der Waals surface area contributed by atoms with Crippen LogP contribution >= 0.6 is 0 Å². The fourth-order valence-electron chi connectivity index (χ4n) is 2.19. The van der Waals surface area contributed by atoms with Gasteiger partial charge in [-0.1, -0.05) is 17.7 Å². The Morgan fingerprint density at radius 3 is 2.70 bits per heavy atom. The monoisotopic (exact) mass is 276 g/mol. The lowest BCUT2D eigenvalue weighted by atomic mass is 10.2. The molecule has 2 rings (SSSR count). The molecule has 2 atom stereocenters. The average Bonchev–Trinajstić information content (AvgIpc) is 2.43. The normalized spacial score (nSPS) is 20.2. The highest BCUT2D eigenvalue weighted by atomic mass is 16.5. The number of nitrogens with zero attached hydrogens (tertiary/aromatic N) is 1. The second-order valence-electron chi connectivity index (χ2n) is 5.07. The maximum Gasteiger partial charge on any atom is 0.264 e. The molecule has 5 nitrogen and oxygen atoms in total. The van der Waals surface area contributed by atoms with Crippen molar-refractivity contribution in [2.24, 2.45) is 0 Å². The minimum absolute atomic E-state index is 0.118. The first-order valence-corrected chi connectivity index (χ1v) is 6.80. The van der Waals surface area contributed by atoms with Crippen LogP contribution in [0.5, 0.6) is 5.75 Å². The SMILES string of the molecule is Cc1ccc(OC(C)C(=O)N2CCNC(=O)C2C)cc1. The number of carbonyl (C=O) groups is 2. The topological polar surface area (TPSA) is 58.6 Å². The summed E-state index contributed by atoms with van der Waals surface area (Å²) in [5.41, 5.74) is 1.14. The van der Waals surface area contributed by atoms with E-state index in [0.29, 0.717) is 18.8 Å². The van der Waals surface area contributed by atoms with E-state index in [0.717, 1.165) is 5.56 Å². The molecule has 0 aliphatic carbocycles. The lowest BCUT2D eigenvalue weighted by molar-refractivity contribution is -0.147. The van der Waals surface area contributed by atoms with Gasteiger partial charge in [0.25, 0.3) is 5.91 Å². The molecular weight excluding hydrogens is 256 g/mol. The molecule has 0 radical (unpaired) electrons. The zero-order valence-corrected chi connectivity index (χ0v) is 12.1. The summed E-state index contributed by atoms with van der Waals surface area (Å²) in [7, 11) is 0. The first-order chi connectivity index (χ1) is 9.49. The van der Waals surface area contributed by atoms with Crippen molar-refractivity contribution in [3.8, 4) is 5.75 Å². The van der Waals surface area contributed by atoms with Crippen molar-refractivity contribution < 1.29 is 14.3 Å². The highest BCUT2D eigenvalue weighted by Gasteiger charge is 2.32. The number of aryl methyl sites for hydroxylation is 1. The van der Waals surface area contributed by atoms with E-state index in [1.165, 1.54) is 0 Å². The number of hydrogen-bond donors (Lipinski definition) is 1. The summed E-state index contributed by atoms with van der Waals surface area (Å²) < 4.78 is 5.64. The number of ether oxygens (including phenoxy) is 1. The number of hydrogen-bond acceptors (Lipinski definition) is 3. The second-order valence-corrected chi connectivity index (χ2v) is 5.07. The maximum absolute atomic E-state index is 12.3. The molecule has 0 spiro atoms. The quantitative estimate of drug-likeness (QED) is 0.899. The van der Waals surface area contributed by atoms with Gasteiger partial charge >= 0.3 is 0 Å². The third-order valence-corrected chi connectivity index (χ3v) is 3.46. The summed E-state index contributed by atoms with van der Waals surface area (Å²) in [6, 6.07) is 7.10. The van der Waals surface area contributed by atoms with Crippen molar-refractivity contribution >= 4 is 11.8 Å². The Balaban J connectivity index is 2.01. The van der Waals surface area contributed by atoms with Gasteiger partial charge in [0.15, 0.2) is 6.10 Å². The van der Waals surface area contributed by atoms with Crippen LogP contribution in [0, 0.1) is 6.92 Å². The van der Waals surface area contributed by atoms with E-state index in [9.17, 15) is 9.59 Å². The average molecular weight is 276 g/mol. The van der Waals surface area contributed by atoms with Gasteiger partial charge in [0, 0.05) is 13.1 Å². The Kier molecular flexibility index (Phi) is 4.27. The highest BCUT2D eigenvalue weighted by Crippen LogP contribution is 2.15. The molecule has 1 N–H and O–H groups in total. The lowest BCUT2D eigenvalue weighted by Gasteiger charge is -2.34. The molecule has 108 valence electrons. The molecule has 1 aromatic rings. The van der Waals surface area contributed by atoms with Crippen molar-refractivity contribution in [1.29, 1.82) is 0 Å². The van der Waals surface area contributed by atoms with Crippen molar-refractivity contribution in [3.05, 3.63) is 29.8 Å². The van der Waals surface area contributed by atoms with Crippen molar-refractivity contribution in [2.45, 2.75) is 32.9 Å². The van der Waals surface area contributed by atoms with Crippen LogP contribution in [0.25, 0.3) is 0 Å². The number of nitrogens with one attached hydrogen (secondary N) is 1. The number of piperazine rings is 1. The van der Waals surface area contributed by atoms with Crippen LogP contribution in [0.15, 0.2) is 24.3 Å². The van der Waals surface area contributed by atoms with E-state index in [1.807, 2.05) is 31.2 Å². The molecule has 1 aliphatic heterocycles. The zero-order valence-electron chi connectivity index (χ0n) is 12.1. The van der Waals surface area contributed by atoms with Crippen LogP contribution in [0.1, 0.15) is 19.4 Å². The Morgan fingerprint density at radius 1 is 1.40 bits per heavy atom. The van der Waals surface area contributed by atoms with Crippen LogP contribution in [0.2, 0.25) is 0 Å². The van der Waals surface area contributed by atoms with Crippen LogP contribution in [0.4, 0.5) is 0 Å². The second kappa shape index (κ2) is 5.94. The maximum atomic E-state index is 12.3. The minimum Gasteiger partial charge on any atom is -0.481 e. The zero-order chi connectivity index (χ0) is 14.7. The number of carbonyl (C=O) groups excluding carboxylic acids is 2. The first-order valence-electron chi connectivity index (χ1n) is 6.80. The summed E-state index contributed by atoms with van der Waals surface area (Å²) in [6.07, 6.45) is -0.606. The van der Waals surface area contributed by atoms with Crippen LogP contribution in [-0.2, 0) is 9.59 Å². The predicted octanol–water partition coefficient (Wildman–Crippen LogP) is 1.11. The van der Waals surface area contributed by atoms with Gasteiger partial charge in [-0.3, -0.25) is 9.59 Å². The van der Waals surface area contributed by atoms with E-state index in [1.54, 1.807) is 18.7 Å². The van der Waals surface area contributed by atoms with Crippen molar-refractivity contribution in [3.63, 3.8) is 0 Å². The highest BCUT2D eigenvalue weighted by molar-refractivity contribution is 5.90. The van der Waals surface area contributed by atoms with E-state index in [2.05, 4.69) is 5.32 Å². The molecule has 1 fully saturated rings. The van der Waals surface area contributed by atoms with Crippen molar-refractivity contribution in [2.75, 3.05) is 13.1 Å². The molecule has 2 amide bonds. The van der Waals surface area contributed by atoms with Gasteiger partial charge in [0.1, 0.15) is 11.8 Å². The molecule has 2 unspecified atom stereocenters. The van der Waals surface area contributed by atoms with Gasteiger partial charge in [-0.2, -0.15) is 0 Å². The molecule has 20 heavy (non-hydrogen) atoms. The molecule has 1 aliphatic rings. The van der Waals surface area contributed by atoms with E-state index in [4.69, 9.17) is 4.74 Å². The van der Waals surface area contributed by atoms with Gasteiger partial charge in [0.05, 0.1) is 0 Å². The summed E-state index contributed by atoms with van der Waals surface area (Å²) in [6.45, 7) is 6.44. The van der Waals surface area contributed by atoms with E-state index >= 15 is 0 Å². The molecule has 0 bridgehead atoms. The Morgan fingerprint density at radius 2 is 2.05 bits per heavy atom. The largest absolute Gasteiger partial charge is 0.481 e. The van der Waals surface area contributed by atoms with Crippen molar-refractivity contribution in [1.82, 2.24) is 10.2 Å². The molecule has 1 saturated heterocycles. The van der Waals surface area contributed by atoms with Gasteiger partial charge in [0.2, 0.25) is 5.91 Å². The molecule has 0 saturated carbocycles.